The van der Waals surface area contributed by atoms with Crippen LogP contribution in [0.4, 0.5) is 5.69 Å². The van der Waals surface area contributed by atoms with Gasteiger partial charge in [0, 0.05) is 17.3 Å². The van der Waals surface area contributed by atoms with E-state index in [-0.39, 0.29) is 0 Å². The highest BCUT2D eigenvalue weighted by molar-refractivity contribution is 7.80. The summed E-state index contributed by atoms with van der Waals surface area (Å²) in [4.78, 5) is 2.91. The van der Waals surface area contributed by atoms with Gasteiger partial charge in [-0.1, -0.05) is 23.8 Å². The summed E-state index contributed by atoms with van der Waals surface area (Å²) in [6, 6.07) is 7.68. The van der Waals surface area contributed by atoms with Gasteiger partial charge in [-0.3, -0.25) is 0 Å². The van der Waals surface area contributed by atoms with Crippen LogP contribution in [0, 0.1) is 0 Å². The monoisotopic (exact) mass is 227 g/mol. The van der Waals surface area contributed by atoms with Crippen LogP contribution in [0.1, 0.15) is 0 Å². The first-order valence-electron chi connectivity index (χ1n) is 4.41. The molecule has 0 atom stereocenters. The summed E-state index contributed by atoms with van der Waals surface area (Å²) in [5.41, 5.74) is 1.09. The number of morpholine rings is 1. The summed E-state index contributed by atoms with van der Waals surface area (Å²) in [7, 11) is 0. The van der Waals surface area contributed by atoms with Gasteiger partial charge in [-0.05, 0) is 24.3 Å². The van der Waals surface area contributed by atoms with Crippen molar-refractivity contribution in [2.24, 2.45) is 0 Å². The molecule has 1 fully saturated rings. The Labute approximate surface area is 93.4 Å². The number of thiocarbonyl (C=S) groups is 1. The molecule has 0 saturated carbocycles. The molecule has 1 aliphatic heterocycles. The van der Waals surface area contributed by atoms with Gasteiger partial charge in [-0.15, -0.1) is 0 Å². The molecule has 0 aliphatic carbocycles. The third-order valence-electron chi connectivity index (χ3n) is 2.12. The second-order valence-corrected chi connectivity index (χ2v) is 3.98. The van der Waals surface area contributed by atoms with Crippen LogP contribution < -0.4 is 4.90 Å². The Kier molecular flexibility index (Phi) is 3.01. The molecule has 0 N–H and O–H groups in total. The average molecular weight is 228 g/mol. The first-order chi connectivity index (χ1) is 6.77. The molecule has 14 heavy (non-hydrogen) atoms. The SMILES string of the molecule is S=C1COCCN1c1ccc(Cl)cc1. The molecule has 2 rings (SSSR count). The molecule has 0 spiro atoms. The van der Waals surface area contributed by atoms with E-state index in [1.54, 1.807) is 0 Å². The molecule has 1 aromatic carbocycles. The van der Waals surface area contributed by atoms with E-state index in [1.807, 2.05) is 24.3 Å². The fraction of sp³-hybridized carbons (Fsp3) is 0.300. The number of hydrogen-bond acceptors (Lipinski definition) is 2. The Hall–Kier alpha value is -0.640. The van der Waals surface area contributed by atoms with Crippen molar-refractivity contribution < 1.29 is 4.74 Å². The molecule has 0 bridgehead atoms. The number of rotatable bonds is 1. The summed E-state index contributed by atoms with van der Waals surface area (Å²) in [6.45, 7) is 2.08. The largest absolute Gasteiger partial charge is 0.372 e. The van der Waals surface area contributed by atoms with Crippen molar-refractivity contribution in [2.75, 3.05) is 24.7 Å². The van der Waals surface area contributed by atoms with Crippen molar-refractivity contribution in [3.63, 3.8) is 0 Å². The lowest BCUT2D eigenvalue weighted by molar-refractivity contribution is 0.168. The van der Waals surface area contributed by atoms with Crippen molar-refractivity contribution in [2.45, 2.75) is 0 Å². The molecule has 0 unspecified atom stereocenters. The van der Waals surface area contributed by atoms with Crippen LogP contribution in [-0.2, 0) is 4.74 Å². The Morgan fingerprint density at radius 3 is 2.64 bits per heavy atom. The van der Waals surface area contributed by atoms with Gasteiger partial charge in [0.2, 0.25) is 0 Å². The van der Waals surface area contributed by atoms with Gasteiger partial charge in [0.25, 0.3) is 0 Å². The van der Waals surface area contributed by atoms with Crippen LogP contribution >= 0.6 is 23.8 Å². The molecule has 1 saturated heterocycles. The maximum Gasteiger partial charge on any atom is 0.109 e. The molecule has 1 aromatic rings. The second-order valence-electron chi connectivity index (χ2n) is 3.07. The molecule has 0 amide bonds. The van der Waals surface area contributed by atoms with Gasteiger partial charge in [-0.25, -0.2) is 0 Å². The number of nitrogens with zero attached hydrogens (tertiary/aromatic N) is 1. The summed E-state index contributed by atoms with van der Waals surface area (Å²) >= 11 is 11.0. The minimum absolute atomic E-state index is 0.540. The Morgan fingerprint density at radius 1 is 1.29 bits per heavy atom. The molecule has 0 aromatic heterocycles. The van der Waals surface area contributed by atoms with Gasteiger partial charge in [-0.2, -0.15) is 0 Å². The molecule has 1 heterocycles. The third-order valence-corrected chi connectivity index (χ3v) is 2.71. The molecule has 2 nitrogen and oxygen atoms in total. The van der Waals surface area contributed by atoms with Crippen molar-refractivity contribution in [3.05, 3.63) is 29.3 Å². The van der Waals surface area contributed by atoms with Crippen LogP contribution in [0.15, 0.2) is 24.3 Å². The van der Waals surface area contributed by atoms with Gasteiger partial charge >= 0.3 is 0 Å². The third kappa shape index (κ3) is 2.05. The summed E-state index contributed by atoms with van der Waals surface area (Å²) in [6.07, 6.45) is 0. The topological polar surface area (TPSA) is 12.5 Å². The molecular formula is C10H10ClNOS. The van der Waals surface area contributed by atoms with E-state index in [2.05, 4.69) is 4.90 Å². The van der Waals surface area contributed by atoms with Crippen molar-refractivity contribution in [3.8, 4) is 0 Å². The van der Waals surface area contributed by atoms with Gasteiger partial charge in [0.1, 0.15) is 4.99 Å². The fourth-order valence-corrected chi connectivity index (χ4v) is 1.82. The minimum Gasteiger partial charge on any atom is -0.372 e. The van der Waals surface area contributed by atoms with Crippen molar-refractivity contribution >= 4 is 34.5 Å². The normalized spacial score (nSPS) is 17.2. The highest BCUT2D eigenvalue weighted by Gasteiger charge is 2.16. The standard InChI is InChI=1S/C10H10ClNOS/c11-8-1-3-9(4-2-8)12-5-6-13-7-10(12)14/h1-4H,5-7H2. The maximum atomic E-state index is 5.81. The van der Waals surface area contributed by atoms with E-state index in [0.29, 0.717) is 6.61 Å². The van der Waals surface area contributed by atoms with E-state index < -0.39 is 0 Å². The minimum atomic E-state index is 0.540. The lowest BCUT2D eigenvalue weighted by Gasteiger charge is -2.29. The van der Waals surface area contributed by atoms with Crippen LogP contribution in [0.2, 0.25) is 5.02 Å². The van der Waals surface area contributed by atoms with Crippen molar-refractivity contribution in [1.82, 2.24) is 0 Å². The van der Waals surface area contributed by atoms with Gasteiger partial charge in [0.15, 0.2) is 0 Å². The van der Waals surface area contributed by atoms with Crippen LogP contribution in [0.3, 0.4) is 0 Å². The maximum absolute atomic E-state index is 5.81. The van der Waals surface area contributed by atoms with Crippen molar-refractivity contribution in [1.29, 1.82) is 0 Å². The smallest absolute Gasteiger partial charge is 0.109 e. The summed E-state index contributed by atoms with van der Waals surface area (Å²) in [5, 5.41) is 0.743. The molecular weight excluding hydrogens is 218 g/mol. The van der Waals surface area contributed by atoms with E-state index >= 15 is 0 Å². The zero-order chi connectivity index (χ0) is 9.97. The lowest BCUT2D eigenvalue weighted by Crippen LogP contribution is -2.40. The average Bonchev–Trinajstić information content (AvgIpc) is 2.20. The number of benzene rings is 1. The predicted octanol–water partition coefficient (Wildman–Crippen LogP) is 2.50. The fourth-order valence-electron chi connectivity index (χ4n) is 1.41. The highest BCUT2D eigenvalue weighted by Crippen LogP contribution is 2.19. The van der Waals surface area contributed by atoms with Gasteiger partial charge < -0.3 is 9.64 Å². The Balaban J connectivity index is 2.20. The first kappa shape index (κ1) is 9.90. The number of ether oxygens (including phenoxy) is 1. The molecule has 4 heteroatoms. The lowest BCUT2D eigenvalue weighted by atomic mass is 10.2. The van der Waals surface area contributed by atoms with Crippen LogP contribution in [-0.4, -0.2) is 24.7 Å². The molecule has 1 aliphatic rings. The molecule has 0 radical (unpaired) electrons. The van der Waals surface area contributed by atoms with E-state index in [4.69, 9.17) is 28.6 Å². The second kappa shape index (κ2) is 4.26. The van der Waals surface area contributed by atoms with E-state index in [0.717, 1.165) is 28.9 Å². The first-order valence-corrected chi connectivity index (χ1v) is 5.20. The number of halogens is 1. The zero-order valence-corrected chi connectivity index (χ0v) is 9.14. The predicted molar refractivity (Wildman–Crippen MR) is 62.2 cm³/mol. The summed E-state index contributed by atoms with van der Waals surface area (Å²) < 4.78 is 5.25. The van der Waals surface area contributed by atoms with E-state index in [1.165, 1.54) is 0 Å². The Bertz CT molecular complexity index is 338. The van der Waals surface area contributed by atoms with Crippen LogP contribution in [0.5, 0.6) is 0 Å². The number of anilines is 1. The Morgan fingerprint density at radius 2 is 2.00 bits per heavy atom. The van der Waals surface area contributed by atoms with Gasteiger partial charge in [0.05, 0.1) is 13.2 Å². The molecule has 74 valence electrons. The highest BCUT2D eigenvalue weighted by atomic mass is 35.5. The van der Waals surface area contributed by atoms with Crippen LogP contribution in [0.25, 0.3) is 0 Å². The van der Waals surface area contributed by atoms with E-state index in [9.17, 15) is 0 Å². The quantitative estimate of drug-likeness (QED) is 0.684. The zero-order valence-electron chi connectivity index (χ0n) is 7.57. The number of hydrogen-bond donors (Lipinski definition) is 0. The summed E-state index contributed by atoms with van der Waals surface area (Å²) in [5.74, 6) is 0.